The monoisotopic (exact) mass is 379 g/mol. The molecule has 0 radical (unpaired) electrons. The maximum atomic E-state index is 11.9. The van der Waals surface area contributed by atoms with E-state index in [4.69, 9.17) is 19.9 Å². The number of benzene rings is 2. The lowest BCUT2D eigenvalue weighted by atomic mass is 10.2. The normalized spacial score (nSPS) is 10.0. The summed E-state index contributed by atoms with van der Waals surface area (Å²) < 4.78 is 16.4. The lowest BCUT2D eigenvalue weighted by molar-refractivity contribution is -0.136. The van der Waals surface area contributed by atoms with E-state index >= 15 is 0 Å². The molecule has 0 atom stereocenters. The Hall–Kier alpha value is -2.54. The first kappa shape index (κ1) is 16.8. The van der Waals surface area contributed by atoms with E-state index in [-0.39, 0.29) is 17.9 Å². The summed E-state index contributed by atoms with van der Waals surface area (Å²) in [6, 6.07) is 11.4. The fourth-order valence-electron chi connectivity index (χ4n) is 1.74. The highest BCUT2D eigenvalue weighted by atomic mass is 79.9. The Morgan fingerprint density at radius 2 is 1.74 bits per heavy atom. The Bertz CT molecular complexity index is 715. The van der Waals surface area contributed by atoms with Gasteiger partial charge in [0.15, 0.2) is 6.61 Å². The van der Waals surface area contributed by atoms with Gasteiger partial charge in [-0.1, -0.05) is 15.9 Å². The lowest BCUT2D eigenvalue weighted by Gasteiger charge is -2.10. The van der Waals surface area contributed by atoms with E-state index in [9.17, 15) is 9.59 Å². The van der Waals surface area contributed by atoms with E-state index in [0.717, 1.165) is 4.47 Å². The summed E-state index contributed by atoms with van der Waals surface area (Å²) in [4.78, 5) is 23.2. The molecule has 7 heteroatoms. The smallest absolute Gasteiger partial charge is 0.349 e. The molecule has 2 rings (SSSR count). The number of esters is 1. The van der Waals surface area contributed by atoms with Crippen molar-refractivity contribution in [1.29, 1.82) is 0 Å². The van der Waals surface area contributed by atoms with Crippen molar-refractivity contribution in [2.24, 2.45) is 5.73 Å². The van der Waals surface area contributed by atoms with Crippen LogP contribution < -0.4 is 19.9 Å². The van der Waals surface area contributed by atoms with E-state index in [1.807, 2.05) is 0 Å². The minimum Gasteiger partial charge on any atom is -0.497 e. The van der Waals surface area contributed by atoms with E-state index in [1.54, 1.807) is 30.3 Å². The second-order valence-electron chi connectivity index (χ2n) is 4.44. The Labute approximate surface area is 141 Å². The largest absolute Gasteiger partial charge is 0.497 e. The number of halogens is 1. The van der Waals surface area contributed by atoms with E-state index in [1.165, 1.54) is 19.2 Å². The zero-order chi connectivity index (χ0) is 16.8. The molecule has 0 aliphatic rings. The zero-order valence-electron chi connectivity index (χ0n) is 12.2. The van der Waals surface area contributed by atoms with E-state index in [2.05, 4.69) is 15.9 Å². The molecule has 120 valence electrons. The number of ether oxygens (including phenoxy) is 3. The highest BCUT2D eigenvalue weighted by Crippen LogP contribution is 2.25. The van der Waals surface area contributed by atoms with Crippen molar-refractivity contribution in [3.63, 3.8) is 0 Å². The van der Waals surface area contributed by atoms with Crippen LogP contribution in [0.5, 0.6) is 17.2 Å². The van der Waals surface area contributed by atoms with Gasteiger partial charge in [0, 0.05) is 10.5 Å². The van der Waals surface area contributed by atoms with Gasteiger partial charge in [0.05, 0.1) is 12.7 Å². The third-order valence-corrected chi connectivity index (χ3v) is 3.38. The third kappa shape index (κ3) is 4.72. The SMILES string of the molecule is COc1ccc(C(N)=O)c(OC(=O)COc2ccc(Br)cc2)c1. The van der Waals surface area contributed by atoms with Gasteiger partial charge in [-0.2, -0.15) is 0 Å². The molecule has 0 saturated carbocycles. The quantitative estimate of drug-likeness (QED) is 0.615. The number of rotatable bonds is 6. The molecule has 0 aromatic heterocycles. The minimum atomic E-state index is -0.704. The summed E-state index contributed by atoms with van der Waals surface area (Å²) in [5.41, 5.74) is 5.34. The minimum absolute atomic E-state index is 0.0289. The predicted molar refractivity (Wildman–Crippen MR) is 86.8 cm³/mol. The van der Waals surface area contributed by atoms with Gasteiger partial charge >= 0.3 is 5.97 Å². The van der Waals surface area contributed by atoms with Crippen LogP contribution >= 0.6 is 15.9 Å². The Balaban J connectivity index is 2.04. The summed E-state index contributed by atoms with van der Waals surface area (Å²) in [6.45, 7) is -0.308. The van der Waals surface area contributed by atoms with Gasteiger partial charge in [-0.25, -0.2) is 4.79 Å². The molecule has 0 heterocycles. The molecule has 6 nitrogen and oxygen atoms in total. The maximum absolute atomic E-state index is 11.9. The number of nitrogens with two attached hydrogens (primary N) is 1. The standard InChI is InChI=1S/C16H14BrNO5/c1-21-12-6-7-13(16(18)20)14(8-12)23-15(19)9-22-11-4-2-10(17)3-5-11/h2-8H,9H2,1H3,(H2,18,20). The van der Waals surface area contributed by atoms with Crippen molar-refractivity contribution in [3.05, 3.63) is 52.5 Å². The number of amides is 1. The average Bonchev–Trinajstić information content (AvgIpc) is 2.54. The van der Waals surface area contributed by atoms with Gasteiger partial charge in [0.1, 0.15) is 17.2 Å². The number of primary amides is 1. The molecule has 2 aromatic carbocycles. The summed E-state index contributed by atoms with van der Waals surface area (Å²) in [5.74, 6) is -0.383. The van der Waals surface area contributed by atoms with Crippen molar-refractivity contribution in [3.8, 4) is 17.2 Å². The van der Waals surface area contributed by atoms with Crippen LogP contribution in [0, 0.1) is 0 Å². The molecule has 0 saturated heterocycles. The Morgan fingerprint density at radius 1 is 1.09 bits per heavy atom. The molecule has 2 N–H and O–H groups in total. The second-order valence-corrected chi connectivity index (χ2v) is 5.36. The van der Waals surface area contributed by atoms with Crippen molar-refractivity contribution in [2.75, 3.05) is 13.7 Å². The fourth-order valence-corrected chi connectivity index (χ4v) is 2.01. The number of carbonyl (C=O) groups is 2. The first-order valence-corrected chi connectivity index (χ1v) is 7.36. The van der Waals surface area contributed by atoms with Crippen LogP contribution in [0.4, 0.5) is 0 Å². The number of methoxy groups -OCH3 is 1. The highest BCUT2D eigenvalue weighted by molar-refractivity contribution is 9.10. The van der Waals surface area contributed by atoms with Crippen LogP contribution in [0.2, 0.25) is 0 Å². The van der Waals surface area contributed by atoms with E-state index in [0.29, 0.717) is 11.5 Å². The van der Waals surface area contributed by atoms with Crippen LogP contribution in [0.1, 0.15) is 10.4 Å². The summed E-state index contributed by atoms with van der Waals surface area (Å²) >= 11 is 3.30. The maximum Gasteiger partial charge on any atom is 0.349 e. The zero-order valence-corrected chi connectivity index (χ0v) is 13.8. The molecule has 0 unspecified atom stereocenters. The first-order chi connectivity index (χ1) is 11.0. The molecule has 23 heavy (non-hydrogen) atoms. The van der Waals surface area contributed by atoms with Crippen LogP contribution in [0.3, 0.4) is 0 Å². The van der Waals surface area contributed by atoms with Gasteiger partial charge in [0.25, 0.3) is 5.91 Å². The molecule has 0 aliphatic carbocycles. The molecule has 1 amide bonds. The van der Waals surface area contributed by atoms with Crippen molar-refractivity contribution in [1.82, 2.24) is 0 Å². The molecule has 0 fully saturated rings. The Morgan fingerprint density at radius 3 is 2.35 bits per heavy atom. The molecule has 2 aromatic rings. The molecule has 0 spiro atoms. The van der Waals surface area contributed by atoms with Crippen molar-refractivity contribution < 1.29 is 23.8 Å². The third-order valence-electron chi connectivity index (χ3n) is 2.85. The van der Waals surface area contributed by atoms with Crippen LogP contribution in [-0.4, -0.2) is 25.6 Å². The fraction of sp³-hybridized carbons (Fsp3) is 0.125. The van der Waals surface area contributed by atoms with Gasteiger partial charge in [-0.15, -0.1) is 0 Å². The predicted octanol–water partition coefficient (Wildman–Crippen LogP) is 2.54. The number of hydrogen-bond donors (Lipinski definition) is 1. The first-order valence-electron chi connectivity index (χ1n) is 6.56. The average molecular weight is 380 g/mol. The molecular formula is C16H14BrNO5. The lowest BCUT2D eigenvalue weighted by Crippen LogP contribution is -2.20. The van der Waals surface area contributed by atoms with Crippen molar-refractivity contribution >= 4 is 27.8 Å². The molecule has 0 aliphatic heterocycles. The van der Waals surface area contributed by atoms with Crippen LogP contribution in [0.15, 0.2) is 46.9 Å². The summed E-state index contributed by atoms with van der Waals surface area (Å²) in [7, 11) is 1.46. The number of carbonyl (C=O) groups excluding carboxylic acids is 2. The van der Waals surface area contributed by atoms with Gasteiger partial charge < -0.3 is 19.9 Å². The summed E-state index contributed by atoms with van der Waals surface area (Å²) in [5, 5.41) is 0. The van der Waals surface area contributed by atoms with Crippen LogP contribution in [0.25, 0.3) is 0 Å². The Kier molecular flexibility index (Phi) is 5.59. The molecule has 0 bridgehead atoms. The van der Waals surface area contributed by atoms with E-state index < -0.39 is 11.9 Å². The van der Waals surface area contributed by atoms with Crippen molar-refractivity contribution in [2.45, 2.75) is 0 Å². The number of hydrogen-bond acceptors (Lipinski definition) is 5. The topological polar surface area (TPSA) is 87.9 Å². The van der Waals surface area contributed by atoms with Gasteiger partial charge in [-0.05, 0) is 36.4 Å². The highest BCUT2D eigenvalue weighted by Gasteiger charge is 2.15. The van der Waals surface area contributed by atoms with Crippen LogP contribution in [-0.2, 0) is 4.79 Å². The van der Waals surface area contributed by atoms with Gasteiger partial charge in [0.2, 0.25) is 0 Å². The summed E-state index contributed by atoms with van der Waals surface area (Å²) in [6.07, 6.45) is 0. The van der Waals surface area contributed by atoms with Gasteiger partial charge in [-0.3, -0.25) is 4.79 Å². The second kappa shape index (κ2) is 7.64. The molecular weight excluding hydrogens is 366 g/mol.